The minimum absolute atomic E-state index is 0.00456. The average Bonchev–Trinajstić information content (AvgIpc) is 2.74. The fourth-order valence-electron chi connectivity index (χ4n) is 2.32. The topological polar surface area (TPSA) is 66.7 Å². The van der Waals surface area contributed by atoms with Gasteiger partial charge in [-0.15, -0.1) is 0 Å². The number of carbonyl (C=O) groups is 1. The maximum absolute atomic E-state index is 12.1. The van der Waals surface area contributed by atoms with Crippen molar-refractivity contribution < 1.29 is 9.72 Å². The summed E-state index contributed by atoms with van der Waals surface area (Å²) in [6.07, 6.45) is 7.53. The Bertz CT molecular complexity index is 643. The van der Waals surface area contributed by atoms with Gasteiger partial charge in [0.15, 0.2) is 0 Å². The molecule has 1 aliphatic rings. The number of allylic oxidation sites excluding steroid dienone is 4. The molecule has 1 fully saturated rings. The number of nitro groups is 1. The van der Waals surface area contributed by atoms with Crippen molar-refractivity contribution in [2.75, 3.05) is 33.2 Å². The molecule has 0 aliphatic carbocycles. The van der Waals surface area contributed by atoms with Gasteiger partial charge in [-0.25, -0.2) is 0 Å². The van der Waals surface area contributed by atoms with Crippen molar-refractivity contribution in [2.24, 2.45) is 0 Å². The van der Waals surface area contributed by atoms with Gasteiger partial charge in [0, 0.05) is 43.9 Å². The van der Waals surface area contributed by atoms with Gasteiger partial charge < -0.3 is 9.80 Å². The van der Waals surface area contributed by atoms with Crippen molar-refractivity contribution in [3.63, 3.8) is 0 Å². The zero-order chi connectivity index (χ0) is 21.5. The molecular formula is C22H35N3O3. The second-order valence-electron chi connectivity index (χ2n) is 6.24. The van der Waals surface area contributed by atoms with Gasteiger partial charge in [-0.05, 0) is 39.4 Å². The van der Waals surface area contributed by atoms with Crippen LogP contribution in [0.25, 0.3) is 0 Å². The van der Waals surface area contributed by atoms with E-state index in [1.165, 1.54) is 29.8 Å². The lowest BCUT2D eigenvalue weighted by Gasteiger charge is -2.32. The minimum atomic E-state index is -0.468. The van der Waals surface area contributed by atoms with E-state index in [1.807, 2.05) is 20.9 Å². The zero-order valence-corrected chi connectivity index (χ0v) is 18.1. The van der Waals surface area contributed by atoms with Crippen LogP contribution in [0.15, 0.2) is 48.1 Å². The first kappa shape index (κ1) is 25.5. The third-order valence-corrected chi connectivity index (χ3v) is 4.19. The summed E-state index contributed by atoms with van der Waals surface area (Å²) in [6, 6.07) is 5.75. The molecule has 28 heavy (non-hydrogen) atoms. The van der Waals surface area contributed by atoms with E-state index in [4.69, 9.17) is 0 Å². The van der Waals surface area contributed by atoms with Crippen molar-refractivity contribution in [3.05, 3.63) is 63.7 Å². The van der Waals surface area contributed by atoms with Crippen LogP contribution in [0.4, 0.5) is 5.69 Å². The molecule has 0 N–H and O–H groups in total. The first-order chi connectivity index (χ1) is 13.4. The molecule has 1 saturated heterocycles. The van der Waals surface area contributed by atoms with Crippen LogP contribution in [0.5, 0.6) is 0 Å². The SMILES string of the molecule is C/C=C(C)\C=C/CC.CC.CN1CCN(C(=O)c2ccc([N+](=O)[O-])cc2)CC1. The first-order valence-corrected chi connectivity index (χ1v) is 9.90. The summed E-state index contributed by atoms with van der Waals surface area (Å²) < 4.78 is 0. The van der Waals surface area contributed by atoms with Gasteiger partial charge in [0.05, 0.1) is 4.92 Å². The molecule has 0 aromatic heterocycles. The molecule has 0 radical (unpaired) electrons. The Labute approximate surface area is 169 Å². The second kappa shape index (κ2) is 14.6. The maximum atomic E-state index is 12.1. The Kier molecular flexibility index (Phi) is 13.3. The molecule has 2 rings (SSSR count). The highest BCUT2D eigenvalue weighted by Gasteiger charge is 2.20. The third-order valence-electron chi connectivity index (χ3n) is 4.19. The molecule has 6 heteroatoms. The molecule has 1 aliphatic heterocycles. The number of benzene rings is 1. The number of nitrogens with zero attached hydrogens (tertiary/aromatic N) is 3. The Morgan fingerprint density at radius 3 is 2.11 bits per heavy atom. The van der Waals surface area contributed by atoms with Gasteiger partial charge in [0.25, 0.3) is 11.6 Å². The van der Waals surface area contributed by atoms with Crippen molar-refractivity contribution in [3.8, 4) is 0 Å². The molecule has 0 unspecified atom stereocenters. The summed E-state index contributed by atoms with van der Waals surface area (Å²) in [5, 5.41) is 10.5. The average molecular weight is 390 g/mol. The highest BCUT2D eigenvalue weighted by atomic mass is 16.6. The maximum Gasteiger partial charge on any atom is 0.269 e. The molecule has 1 heterocycles. The van der Waals surface area contributed by atoms with Crippen molar-refractivity contribution in [2.45, 2.75) is 41.0 Å². The molecule has 6 nitrogen and oxygen atoms in total. The van der Waals surface area contributed by atoms with Crippen LogP contribution in [0.1, 0.15) is 51.4 Å². The van der Waals surface area contributed by atoms with Crippen LogP contribution in [0.2, 0.25) is 0 Å². The number of rotatable bonds is 4. The van der Waals surface area contributed by atoms with Crippen LogP contribution in [-0.4, -0.2) is 53.9 Å². The van der Waals surface area contributed by atoms with E-state index in [0.29, 0.717) is 18.7 Å². The quantitative estimate of drug-likeness (QED) is 0.416. The van der Waals surface area contributed by atoms with E-state index in [9.17, 15) is 14.9 Å². The van der Waals surface area contributed by atoms with Crippen LogP contribution in [0, 0.1) is 10.1 Å². The van der Waals surface area contributed by atoms with Gasteiger partial charge >= 0.3 is 0 Å². The Morgan fingerprint density at radius 2 is 1.68 bits per heavy atom. The molecule has 1 amide bonds. The normalized spacial score (nSPS) is 14.6. The molecule has 1 aromatic rings. The largest absolute Gasteiger partial charge is 0.336 e. The summed E-state index contributed by atoms with van der Waals surface area (Å²) in [7, 11) is 2.02. The monoisotopic (exact) mass is 389 g/mol. The fourth-order valence-corrected chi connectivity index (χ4v) is 2.32. The third kappa shape index (κ3) is 9.46. The van der Waals surface area contributed by atoms with Gasteiger partial charge in [-0.1, -0.05) is 44.6 Å². The molecule has 1 aromatic carbocycles. The van der Waals surface area contributed by atoms with E-state index in [1.54, 1.807) is 4.90 Å². The van der Waals surface area contributed by atoms with Gasteiger partial charge in [0.2, 0.25) is 0 Å². The summed E-state index contributed by atoms with van der Waals surface area (Å²) in [5.74, 6) is -0.0574. The van der Waals surface area contributed by atoms with Crippen LogP contribution < -0.4 is 0 Å². The van der Waals surface area contributed by atoms with Crippen molar-refractivity contribution in [1.29, 1.82) is 0 Å². The number of amides is 1. The van der Waals surface area contributed by atoms with Crippen LogP contribution in [0.3, 0.4) is 0 Å². The Hall–Kier alpha value is -2.47. The van der Waals surface area contributed by atoms with E-state index in [2.05, 4.69) is 43.9 Å². The smallest absolute Gasteiger partial charge is 0.269 e. The first-order valence-electron chi connectivity index (χ1n) is 9.90. The van der Waals surface area contributed by atoms with E-state index >= 15 is 0 Å². The fraction of sp³-hybridized carbons (Fsp3) is 0.500. The summed E-state index contributed by atoms with van der Waals surface area (Å²) in [4.78, 5) is 26.1. The number of hydrogen-bond donors (Lipinski definition) is 0. The van der Waals surface area contributed by atoms with Crippen molar-refractivity contribution in [1.82, 2.24) is 9.80 Å². The standard InChI is InChI=1S/C12H15N3O3.C8H14.C2H6/c1-13-6-8-14(9-7-13)12(16)10-2-4-11(5-3-10)15(17)18;1-4-6-7-8(3)5-2;1-2/h2-5H,6-9H2,1H3;5-7H,4H2,1-3H3;1-2H3/b;7-6-,8-5-;. The molecular weight excluding hydrogens is 354 g/mol. The van der Waals surface area contributed by atoms with E-state index in [0.717, 1.165) is 19.5 Å². The number of nitro benzene ring substituents is 1. The lowest BCUT2D eigenvalue weighted by molar-refractivity contribution is -0.384. The number of hydrogen-bond acceptors (Lipinski definition) is 4. The second-order valence-corrected chi connectivity index (χ2v) is 6.24. The van der Waals surface area contributed by atoms with E-state index < -0.39 is 4.92 Å². The highest BCUT2D eigenvalue weighted by molar-refractivity contribution is 5.94. The van der Waals surface area contributed by atoms with Crippen molar-refractivity contribution >= 4 is 11.6 Å². The molecule has 156 valence electrons. The summed E-state index contributed by atoms with van der Waals surface area (Å²) >= 11 is 0. The number of piperazine rings is 1. The van der Waals surface area contributed by atoms with Gasteiger partial charge in [0.1, 0.15) is 0 Å². The molecule has 0 bridgehead atoms. The lowest BCUT2D eigenvalue weighted by atomic mass is 10.1. The minimum Gasteiger partial charge on any atom is -0.336 e. The molecule has 0 saturated carbocycles. The lowest BCUT2D eigenvalue weighted by Crippen LogP contribution is -2.47. The highest BCUT2D eigenvalue weighted by Crippen LogP contribution is 2.14. The molecule has 0 atom stereocenters. The predicted molar refractivity (Wildman–Crippen MR) is 117 cm³/mol. The van der Waals surface area contributed by atoms with Gasteiger partial charge in [-0.2, -0.15) is 0 Å². The molecule has 0 spiro atoms. The number of likely N-dealkylation sites (N-methyl/N-ethyl adjacent to an activating group) is 1. The summed E-state index contributed by atoms with van der Waals surface area (Å²) in [6.45, 7) is 13.4. The van der Waals surface area contributed by atoms with Crippen LogP contribution in [-0.2, 0) is 0 Å². The predicted octanol–water partition coefficient (Wildman–Crippen LogP) is 4.93. The van der Waals surface area contributed by atoms with Crippen LogP contribution >= 0.6 is 0 Å². The summed E-state index contributed by atoms with van der Waals surface area (Å²) in [5.41, 5.74) is 1.85. The Balaban J connectivity index is 0.000000618. The van der Waals surface area contributed by atoms with E-state index in [-0.39, 0.29) is 11.6 Å². The van der Waals surface area contributed by atoms with Gasteiger partial charge in [-0.3, -0.25) is 14.9 Å². The number of carbonyl (C=O) groups excluding carboxylic acids is 1. The number of non-ortho nitro benzene ring substituents is 1. The Morgan fingerprint density at radius 1 is 1.14 bits per heavy atom. The zero-order valence-electron chi connectivity index (χ0n) is 18.1.